The molecule has 1 N–H and O–H groups in total. The quantitative estimate of drug-likeness (QED) is 0.573. The van der Waals surface area contributed by atoms with Gasteiger partial charge in [0.15, 0.2) is 0 Å². The number of ether oxygens (including phenoxy) is 1. The molecule has 33 heavy (non-hydrogen) atoms. The van der Waals surface area contributed by atoms with E-state index in [4.69, 9.17) is 4.74 Å². The lowest BCUT2D eigenvalue weighted by molar-refractivity contribution is -0.121. The average Bonchev–Trinajstić information content (AvgIpc) is 2.83. The Morgan fingerprint density at radius 2 is 1.76 bits per heavy atom. The molecule has 0 radical (unpaired) electrons. The van der Waals surface area contributed by atoms with Crippen LogP contribution in [0.4, 0.5) is 10.1 Å². The first-order valence-electron chi connectivity index (χ1n) is 11.0. The van der Waals surface area contributed by atoms with Crippen LogP contribution in [0.25, 0.3) is 0 Å². The molecule has 6 heteroatoms. The zero-order chi connectivity index (χ0) is 23.4. The van der Waals surface area contributed by atoms with Gasteiger partial charge in [-0.05, 0) is 67.8 Å². The smallest absolute Gasteiger partial charge is 0.254 e. The summed E-state index contributed by atoms with van der Waals surface area (Å²) < 4.78 is 19.0. The number of benzene rings is 3. The largest absolute Gasteiger partial charge is 0.497 e. The molecule has 3 aromatic carbocycles. The van der Waals surface area contributed by atoms with Crippen LogP contribution in [0, 0.1) is 18.7 Å². The van der Waals surface area contributed by atoms with Gasteiger partial charge in [-0.2, -0.15) is 0 Å². The predicted octanol–water partition coefficient (Wildman–Crippen LogP) is 5.37. The fourth-order valence-electron chi connectivity index (χ4n) is 4.34. The number of aryl methyl sites for hydroxylation is 1. The molecule has 0 aliphatic carbocycles. The summed E-state index contributed by atoms with van der Waals surface area (Å²) in [5.74, 6) is -0.536. The Kier molecular flexibility index (Phi) is 6.73. The monoisotopic (exact) mass is 446 g/mol. The van der Waals surface area contributed by atoms with E-state index in [1.54, 1.807) is 42.3 Å². The van der Waals surface area contributed by atoms with Crippen LogP contribution in [-0.2, 0) is 4.79 Å². The summed E-state index contributed by atoms with van der Waals surface area (Å²) in [6, 6.07) is 20.7. The van der Waals surface area contributed by atoms with Crippen LogP contribution in [0.1, 0.15) is 40.4 Å². The lowest BCUT2D eigenvalue weighted by Gasteiger charge is -2.39. The number of carbonyl (C=O) groups is 2. The number of methoxy groups -OCH3 is 1. The molecule has 1 saturated heterocycles. The summed E-state index contributed by atoms with van der Waals surface area (Å²) >= 11 is 0. The maximum atomic E-state index is 13.8. The molecule has 1 aliphatic rings. The number of hydrogen-bond donors (Lipinski definition) is 1. The number of hydrogen-bond acceptors (Lipinski definition) is 3. The van der Waals surface area contributed by atoms with Crippen molar-refractivity contribution in [3.05, 3.63) is 95.3 Å². The highest BCUT2D eigenvalue weighted by atomic mass is 19.1. The Hall–Kier alpha value is -3.67. The molecule has 4 rings (SSSR count). The van der Waals surface area contributed by atoms with Gasteiger partial charge in [0.05, 0.1) is 19.1 Å². The van der Waals surface area contributed by atoms with Crippen molar-refractivity contribution in [2.45, 2.75) is 25.8 Å². The van der Waals surface area contributed by atoms with Crippen LogP contribution in [0.5, 0.6) is 5.75 Å². The average molecular weight is 447 g/mol. The minimum absolute atomic E-state index is 0.139. The van der Waals surface area contributed by atoms with Gasteiger partial charge in [0.25, 0.3) is 5.91 Å². The van der Waals surface area contributed by atoms with Gasteiger partial charge < -0.3 is 15.0 Å². The Labute approximate surface area is 193 Å². The third-order valence-corrected chi connectivity index (χ3v) is 6.07. The number of amides is 2. The molecule has 2 atom stereocenters. The van der Waals surface area contributed by atoms with Crippen molar-refractivity contribution in [3.63, 3.8) is 0 Å². The maximum absolute atomic E-state index is 13.8. The lowest BCUT2D eigenvalue weighted by atomic mass is 9.87. The number of nitrogens with one attached hydrogen (secondary N) is 1. The van der Waals surface area contributed by atoms with Crippen molar-refractivity contribution in [1.82, 2.24) is 4.90 Å². The zero-order valence-electron chi connectivity index (χ0n) is 18.8. The van der Waals surface area contributed by atoms with Gasteiger partial charge in [-0.1, -0.05) is 35.9 Å². The van der Waals surface area contributed by atoms with Crippen molar-refractivity contribution in [2.75, 3.05) is 19.0 Å². The highest BCUT2D eigenvalue weighted by Crippen LogP contribution is 2.35. The molecular weight excluding hydrogens is 419 g/mol. The van der Waals surface area contributed by atoms with E-state index in [9.17, 15) is 14.0 Å². The van der Waals surface area contributed by atoms with E-state index in [0.717, 1.165) is 11.1 Å². The van der Waals surface area contributed by atoms with Crippen molar-refractivity contribution in [2.24, 2.45) is 5.92 Å². The summed E-state index contributed by atoms with van der Waals surface area (Å²) in [6.07, 6.45) is 1.29. The Bertz CT molecular complexity index is 1150. The van der Waals surface area contributed by atoms with E-state index in [2.05, 4.69) is 11.4 Å². The standard InChI is InChI=1S/C27H27FN2O3/c1-18-5-3-6-19(15-18)25-14-9-21(26(31)29-23-10-12-24(33-2)13-11-23)17-30(25)27(32)20-7-4-8-22(28)16-20/h3-8,10-13,15-16,21,25H,9,14,17H2,1-2H3,(H,29,31)/t21-,25+/m1/s1. The van der Waals surface area contributed by atoms with Gasteiger partial charge in [-0.3, -0.25) is 9.59 Å². The zero-order valence-corrected chi connectivity index (χ0v) is 18.8. The molecule has 1 aliphatic heterocycles. The lowest BCUT2D eigenvalue weighted by Crippen LogP contribution is -2.45. The summed E-state index contributed by atoms with van der Waals surface area (Å²) in [7, 11) is 1.59. The van der Waals surface area contributed by atoms with Crippen LogP contribution in [0.2, 0.25) is 0 Å². The second-order valence-corrected chi connectivity index (χ2v) is 8.39. The highest BCUT2D eigenvalue weighted by Gasteiger charge is 2.36. The first-order valence-corrected chi connectivity index (χ1v) is 11.0. The Balaban J connectivity index is 1.57. The van der Waals surface area contributed by atoms with Crippen molar-refractivity contribution in [3.8, 4) is 5.75 Å². The van der Waals surface area contributed by atoms with E-state index in [-0.39, 0.29) is 35.9 Å². The second-order valence-electron chi connectivity index (χ2n) is 8.39. The van der Waals surface area contributed by atoms with Crippen LogP contribution in [-0.4, -0.2) is 30.4 Å². The van der Waals surface area contributed by atoms with Crippen molar-refractivity contribution >= 4 is 17.5 Å². The fraction of sp³-hybridized carbons (Fsp3) is 0.259. The Morgan fingerprint density at radius 1 is 1.00 bits per heavy atom. The van der Waals surface area contributed by atoms with E-state index in [1.165, 1.54) is 18.2 Å². The van der Waals surface area contributed by atoms with E-state index in [0.29, 0.717) is 24.3 Å². The Morgan fingerprint density at radius 3 is 2.45 bits per heavy atom. The number of halogens is 1. The van der Waals surface area contributed by atoms with Crippen LogP contribution >= 0.6 is 0 Å². The number of nitrogens with zero attached hydrogens (tertiary/aromatic N) is 1. The summed E-state index contributed by atoms with van der Waals surface area (Å²) in [5.41, 5.74) is 3.08. The summed E-state index contributed by atoms with van der Waals surface area (Å²) in [5, 5.41) is 2.94. The minimum Gasteiger partial charge on any atom is -0.497 e. The second kappa shape index (κ2) is 9.86. The van der Waals surface area contributed by atoms with E-state index >= 15 is 0 Å². The number of carbonyl (C=O) groups excluding carboxylic acids is 2. The van der Waals surface area contributed by atoms with Gasteiger partial charge in [0, 0.05) is 17.8 Å². The van der Waals surface area contributed by atoms with Gasteiger partial charge in [-0.15, -0.1) is 0 Å². The SMILES string of the molecule is COc1ccc(NC(=O)[C@@H]2CC[C@@H](c3cccc(C)c3)N(C(=O)c3cccc(F)c3)C2)cc1. The highest BCUT2D eigenvalue weighted by molar-refractivity contribution is 5.96. The van der Waals surface area contributed by atoms with E-state index in [1.807, 2.05) is 25.1 Å². The van der Waals surface area contributed by atoms with Gasteiger partial charge in [0.2, 0.25) is 5.91 Å². The topological polar surface area (TPSA) is 58.6 Å². The van der Waals surface area contributed by atoms with Gasteiger partial charge >= 0.3 is 0 Å². The summed E-state index contributed by atoms with van der Waals surface area (Å²) in [6.45, 7) is 2.27. The molecule has 3 aromatic rings. The summed E-state index contributed by atoms with van der Waals surface area (Å²) in [4.78, 5) is 28.2. The van der Waals surface area contributed by atoms with Crippen LogP contribution in [0.3, 0.4) is 0 Å². The number of rotatable bonds is 5. The molecule has 5 nitrogen and oxygen atoms in total. The third-order valence-electron chi connectivity index (χ3n) is 6.07. The van der Waals surface area contributed by atoms with Crippen LogP contribution in [0.15, 0.2) is 72.8 Å². The van der Waals surface area contributed by atoms with Crippen molar-refractivity contribution < 1.29 is 18.7 Å². The molecule has 0 bridgehead atoms. The first kappa shape index (κ1) is 22.5. The molecular formula is C27H27FN2O3. The maximum Gasteiger partial charge on any atom is 0.254 e. The molecule has 0 saturated carbocycles. The fourth-order valence-corrected chi connectivity index (χ4v) is 4.34. The number of piperidine rings is 1. The molecule has 170 valence electrons. The molecule has 0 spiro atoms. The molecule has 0 unspecified atom stereocenters. The number of likely N-dealkylation sites (tertiary alicyclic amines) is 1. The molecule has 1 fully saturated rings. The van der Waals surface area contributed by atoms with Gasteiger partial charge in [-0.25, -0.2) is 4.39 Å². The minimum atomic E-state index is -0.459. The van der Waals surface area contributed by atoms with E-state index < -0.39 is 5.82 Å². The third kappa shape index (κ3) is 5.22. The number of anilines is 1. The van der Waals surface area contributed by atoms with Gasteiger partial charge in [0.1, 0.15) is 11.6 Å². The molecule has 0 aromatic heterocycles. The predicted molar refractivity (Wildman–Crippen MR) is 126 cm³/mol. The first-order chi connectivity index (χ1) is 15.9. The molecule has 2 amide bonds. The molecule has 1 heterocycles. The van der Waals surface area contributed by atoms with Crippen molar-refractivity contribution in [1.29, 1.82) is 0 Å². The normalized spacial score (nSPS) is 18.0. The van der Waals surface area contributed by atoms with Crippen LogP contribution < -0.4 is 10.1 Å².